The molecule has 0 amide bonds. The van der Waals surface area contributed by atoms with E-state index < -0.39 is 24.2 Å². The first-order valence-corrected chi connectivity index (χ1v) is 13.6. The molecule has 1 saturated heterocycles. The quantitative estimate of drug-likeness (QED) is 0.246. The maximum atomic E-state index is 13.5. The molecule has 0 unspecified atom stereocenters. The lowest BCUT2D eigenvalue weighted by Crippen LogP contribution is -2.38. The Morgan fingerprint density at radius 3 is 2.55 bits per heavy atom. The molecule has 12 heteroatoms. The van der Waals surface area contributed by atoms with E-state index in [9.17, 15) is 20.1 Å². The standard InChI is InChI=1S/C26H29N7O4S/c34-12-15-9-18(22(36)21(15)35)29-23-20(25-30-17-3-1-2-4-19(17)38-25)24(37)32-26(31-23)33-7-5-14(6-8-33)16-10-27-13-28-11-16/h1-4,10-11,13-15,18,21-22,34-36H,5-9,12H2,(H2,29,31,32,37)/t15-,18-,21-,22+/m1/s1. The van der Waals surface area contributed by atoms with Crippen molar-refractivity contribution in [1.29, 1.82) is 0 Å². The van der Waals surface area contributed by atoms with Crippen molar-refractivity contribution in [2.75, 3.05) is 29.9 Å². The van der Waals surface area contributed by atoms with Gasteiger partial charge in [-0.05, 0) is 42.9 Å². The van der Waals surface area contributed by atoms with Crippen LogP contribution in [0.2, 0.25) is 0 Å². The number of fused-ring (bicyclic) bond motifs is 1. The molecule has 4 aromatic rings. The molecule has 1 saturated carbocycles. The zero-order chi connectivity index (χ0) is 26.2. The third kappa shape index (κ3) is 4.64. The van der Waals surface area contributed by atoms with E-state index in [1.807, 2.05) is 41.6 Å². The summed E-state index contributed by atoms with van der Waals surface area (Å²) >= 11 is 1.39. The van der Waals surface area contributed by atoms with Gasteiger partial charge in [0.2, 0.25) is 5.95 Å². The number of piperidine rings is 1. The summed E-state index contributed by atoms with van der Waals surface area (Å²) in [6, 6.07) is 7.08. The fourth-order valence-electron chi connectivity index (χ4n) is 5.46. The summed E-state index contributed by atoms with van der Waals surface area (Å²) in [5.74, 6) is 0.619. The van der Waals surface area contributed by atoms with E-state index in [0.29, 0.717) is 47.8 Å². The largest absolute Gasteiger partial charge is 0.396 e. The molecule has 0 spiro atoms. The Labute approximate surface area is 222 Å². The molecular weight excluding hydrogens is 506 g/mol. The third-order valence-electron chi connectivity index (χ3n) is 7.62. The molecule has 4 heterocycles. The third-order valence-corrected chi connectivity index (χ3v) is 8.67. The molecule has 3 aromatic heterocycles. The Bertz CT molecular complexity index is 1440. The molecule has 2 aliphatic rings. The summed E-state index contributed by atoms with van der Waals surface area (Å²) in [5.41, 5.74) is 1.85. The highest BCUT2D eigenvalue weighted by Crippen LogP contribution is 2.36. The van der Waals surface area contributed by atoms with Gasteiger partial charge in [-0.1, -0.05) is 12.1 Å². The lowest BCUT2D eigenvalue weighted by Gasteiger charge is -2.32. The average molecular weight is 536 g/mol. The van der Waals surface area contributed by atoms with Crippen LogP contribution in [-0.2, 0) is 0 Å². The lowest BCUT2D eigenvalue weighted by atomic mass is 9.91. The van der Waals surface area contributed by atoms with Crippen molar-refractivity contribution in [3.63, 3.8) is 0 Å². The molecule has 1 aliphatic heterocycles. The van der Waals surface area contributed by atoms with Crippen LogP contribution in [0.15, 0.2) is 47.8 Å². The predicted molar refractivity (Wildman–Crippen MR) is 144 cm³/mol. The van der Waals surface area contributed by atoms with Gasteiger partial charge >= 0.3 is 0 Å². The summed E-state index contributed by atoms with van der Waals surface area (Å²) in [5, 5.41) is 34.4. The van der Waals surface area contributed by atoms with E-state index in [-0.39, 0.29) is 12.2 Å². The topological polar surface area (TPSA) is 160 Å². The van der Waals surface area contributed by atoms with Gasteiger partial charge in [0.15, 0.2) is 0 Å². The van der Waals surface area contributed by atoms with E-state index in [1.165, 1.54) is 17.7 Å². The van der Waals surface area contributed by atoms with Gasteiger partial charge in [0.25, 0.3) is 5.56 Å². The van der Waals surface area contributed by atoms with Crippen LogP contribution in [0.1, 0.15) is 30.7 Å². The van der Waals surface area contributed by atoms with Crippen molar-refractivity contribution in [1.82, 2.24) is 24.9 Å². The number of anilines is 2. The SMILES string of the molecule is O=c1[nH]c(N2CCC(c3cncnc3)CC2)nc(N[C@@H]2C[C@H](CO)[C@@H](O)[C@H]2O)c1-c1nc2ccccc2s1. The average Bonchev–Trinajstić information content (AvgIpc) is 3.49. The van der Waals surface area contributed by atoms with Gasteiger partial charge in [0.05, 0.1) is 22.4 Å². The Morgan fingerprint density at radius 1 is 1.08 bits per heavy atom. The normalized spacial score (nSPS) is 24.2. The summed E-state index contributed by atoms with van der Waals surface area (Å²) in [6.07, 6.45) is 5.13. The van der Waals surface area contributed by atoms with Crippen molar-refractivity contribution < 1.29 is 15.3 Å². The maximum Gasteiger partial charge on any atom is 0.264 e. The van der Waals surface area contributed by atoms with Crippen LogP contribution in [0.25, 0.3) is 20.8 Å². The van der Waals surface area contributed by atoms with E-state index in [1.54, 1.807) is 0 Å². The van der Waals surface area contributed by atoms with Gasteiger partial charge in [0, 0.05) is 38.0 Å². The monoisotopic (exact) mass is 535 g/mol. The molecule has 4 atom stereocenters. The van der Waals surface area contributed by atoms with Crippen LogP contribution in [0.3, 0.4) is 0 Å². The van der Waals surface area contributed by atoms with Crippen LogP contribution in [0, 0.1) is 5.92 Å². The molecule has 2 fully saturated rings. The molecule has 1 aromatic carbocycles. The molecule has 0 bridgehead atoms. The molecule has 1 aliphatic carbocycles. The number of para-hydroxylation sites is 1. The van der Waals surface area contributed by atoms with Crippen molar-refractivity contribution in [2.24, 2.45) is 5.92 Å². The van der Waals surface area contributed by atoms with E-state index >= 15 is 0 Å². The number of benzene rings is 1. The Kier molecular flexibility index (Phi) is 6.78. The summed E-state index contributed by atoms with van der Waals surface area (Å²) in [7, 11) is 0. The van der Waals surface area contributed by atoms with Crippen molar-refractivity contribution in [2.45, 2.75) is 43.4 Å². The number of nitrogens with zero attached hydrogens (tertiary/aromatic N) is 5. The fourth-order valence-corrected chi connectivity index (χ4v) is 6.47. The molecule has 6 rings (SSSR count). The van der Waals surface area contributed by atoms with Gasteiger partial charge in [-0.2, -0.15) is 4.98 Å². The highest BCUT2D eigenvalue weighted by molar-refractivity contribution is 7.21. The highest BCUT2D eigenvalue weighted by atomic mass is 32.1. The van der Waals surface area contributed by atoms with E-state index in [0.717, 1.165) is 28.6 Å². The molecule has 38 heavy (non-hydrogen) atoms. The van der Waals surface area contributed by atoms with Crippen LogP contribution in [-0.4, -0.2) is 78.2 Å². The van der Waals surface area contributed by atoms with Gasteiger partial charge < -0.3 is 25.5 Å². The van der Waals surface area contributed by atoms with E-state index in [4.69, 9.17) is 4.98 Å². The van der Waals surface area contributed by atoms with Gasteiger partial charge in [-0.3, -0.25) is 9.78 Å². The number of thiazole rings is 1. The number of aromatic nitrogens is 5. The lowest BCUT2D eigenvalue weighted by molar-refractivity contribution is 0.00446. The van der Waals surface area contributed by atoms with Crippen molar-refractivity contribution >= 4 is 33.3 Å². The van der Waals surface area contributed by atoms with E-state index in [2.05, 4.69) is 25.3 Å². The number of hydrogen-bond donors (Lipinski definition) is 5. The number of aliphatic hydroxyl groups is 3. The summed E-state index contributed by atoms with van der Waals surface area (Å²) < 4.78 is 0.945. The summed E-state index contributed by atoms with van der Waals surface area (Å²) in [4.78, 5) is 36.3. The molecular formula is C26H29N7O4S. The second-order valence-corrected chi connectivity index (χ2v) is 11.0. The maximum absolute atomic E-state index is 13.5. The van der Waals surface area contributed by atoms with Crippen LogP contribution in [0.5, 0.6) is 0 Å². The minimum absolute atomic E-state index is 0.240. The number of rotatable bonds is 6. The van der Waals surface area contributed by atoms with Gasteiger partial charge in [-0.25, -0.2) is 15.0 Å². The highest BCUT2D eigenvalue weighted by Gasteiger charge is 2.41. The van der Waals surface area contributed by atoms with Crippen LogP contribution < -0.4 is 15.8 Å². The summed E-state index contributed by atoms with van der Waals surface area (Å²) in [6.45, 7) is 1.15. The predicted octanol–water partition coefficient (Wildman–Crippen LogP) is 1.74. The minimum atomic E-state index is -1.11. The Morgan fingerprint density at radius 2 is 1.84 bits per heavy atom. The first-order valence-electron chi connectivity index (χ1n) is 12.8. The zero-order valence-electron chi connectivity index (χ0n) is 20.6. The number of H-pyrrole nitrogens is 1. The number of aliphatic hydroxyl groups excluding tert-OH is 3. The fraction of sp³-hybridized carbons (Fsp3) is 0.423. The second kappa shape index (κ2) is 10.4. The molecule has 5 N–H and O–H groups in total. The zero-order valence-corrected chi connectivity index (χ0v) is 21.4. The Balaban J connectivity index is 1.34. The first-order chi connectivity index (χ1) is 18.5. The van der Waals surface area contributed by atoms with Gasteiger partial charge in [-0.15, -0.1) is 11.3 Å². The smallest absolute Gasteiger partial charge is 0.264 e. The first kappa shape index (κ1) is 24.9. The van der Waals surface area contributed by atoms with Gasteiger partial charge in [0.1, 0.15) is 28.8 Å². The number of nitrogens with one attached hydrogen (secondary N) is 2. The number of hydrogen-bond acceptors (Lipinski definition) is 11. The molecule has 11 nitrogen and oxygen atoms in total. The van der Waals surface area contributed by atoms with Crippen LogP contribution >= 0.6 is 11.3 Å². The van der Waals surface area contributed by atoms with Crippen LogP contribution in [0.4, 0.5) is 11.8 Å². The minimum Gasteiger partial charge on any atom is -0.396 e. The molecule has 198 valence electrons. The van der Waals surface area contributed by atoms with Crippen molar-refractivity contribution in [3.8, 4) is 10.6 Å². The number of aromatic amines is 1. The molecule has 0 radical (unpaired) electrons. The van der Waals surface area contributed by atoms with Crippen molar-refractivity contribution in [3.05, 3.63) is 58.9 Å². The Hall–Kier alpha value is -3.45. The second-order valence-electron chi connectivity index (χ2n) is 9.94.